The molecule has 1 atom stereocenters. The molecule has 158 valence electrons. The van der Waals surface area contributed by atoms with E-state index in [4.69, 9.17) is 14.5 Å². The zero-order valence-electron chi connectivity index (χ0n) is 17.4. The smallest absolute Gasteiger partial charge is 0.248 e. The van der Waals surface area contributed by atoms with Gasteiger partial charge in [0.1, 0.15) is 22.2 Å². The van der Waals surface area contributed by atoms with Crippen molar-refractivity contribution in [3.8, 4) is 0 Å². The van der Waals surface area contributed by atoms with Crippen LogP contribution in [0.25, 0.3) is 0 Å². The first kappa shape index (κ1) is 20.2. The molecule has 0 radical (unpaired) electrons. The summed E-state index contributed by atoms with van der Waals surface area (Å²) in [5.74, 6) is 2.20. The number of nitrogens with one attached hydrogen (secondary N) is 1. The van der Waals surface area contributed by atoms with Crippen LogP contribution in [0.1, 0.15) is 47.3 Å². The minimum Gasteiger partial charge on any atom is -0.373 e. The summed E-state index contributed by atoms with van der Waals surface area (Å²) in [5, 5.41) is 7.00. The summed E-state index contributed by atoms with van der Waals surface area (Å²) in [7, 11) is 0.265. The zero-order chi connectivity index (χ0) is 20.8. The standard InChI is InChI=1S/C19H28N6O3S/c1-12-17(13(2)28-23-12)29(26,27)25-9-7-15-16(11-25)21-18(22-19(15)20-3)14-6-5-8-24(4)10-14/h14H,5-11H2,1-4H3,(H,20,21,22)/t14-/m0/s1. The molecule has 2 aromatic heterocycles. The molecule has 0 spiro atoms. The minimum atomic E-state index is -3.70. The van der Waals surface area contributed by atoms with Gasteiger partial charge < -0.3 is 14.7 Å². The van der Waals surface area contributed by atoms with Crippen LogP contribution in [0.5, 0.6) is 0 Å². The second-order valence-electron chi connectivity index (χ2n) is 7.95. The first-order chi connectivity index (χ1) is 13.8. The molecule has 2 aromatic rings. The number of aromatic nitrogens is 3. The molecule has 0 unspecified atom stereocenters. The predicted octanol–water partition coefficient (Wildman–Crippen LogP) is 1.68. The van der Waals surface area contributed by atoms with Crippen molar-refractivity contribution in [1.29, 1.82) is 0 Å². The van der Waals surface area contributed by atoms with Crippen molar-refractivity contribution in [3.05, 3.63) is 28.5 Å². The fourth-order valence-corrected chi connectivity index (χ4v) is 6.06. The van der Waals surface area contributed by atoms with Crippen LogP contribution < -0.4 is 5.32 Å². The lowest BCUT2D eigenvalue weighted by atomic mass is 9.96. The average molecular weight is 421 g/mol. The Hall–Kier alpha value is -2.04. The number of likely N-dealkylation sites (tertiary alicyclic amines) is 1. The SMILES string of the molecule is CNc1nc([C@H]2CCCN(C)C2)nc2c1CCN(S(=O)(=O)c1c(C)noc1C)C2. The molecule has 0 aliphatic carbocycles. The first-order valence-electron chi connectivity index (χ1n) is 10.00. The third kappa shape index (κ3) is 3.64. The molecule has 1 fully saturated rings. The number of likely N-dealkylation sites (N-methyl/N-ethyl adjacent to an activating group) is 1. The molecule has 29 heavy (non-hydrogen) atoms. The van der Waals surface area contributed by atoms with E-state index in [2.05, 4.69) is 22.4 Å². The molecule has 2 aliphatic rings. The Morgan fingerprint density at radius 2 is 2.00 bits per heavy atom. The number of nitrogens with zero attached hydrogens (tertiary/aromatic N) is 5. The summed E-state index contributed by atoms with van der Waals surface area (Å²) >= 11 is 0. The Morgan fingerprint density at radius 1 is 1.21 bits per heavy atom. The van der Waals surface area contributed by atoms with Crippen molar-refractivity contribution < 1.29 is 12.9 Å². The van der Waals surface area contributed by atoms with Gasteiger partial charge in [0.05, 0.1) is 12.2 Å². The van der Waals surface area contributed by atoms with Gasteiger partial charge in [0.25, 0.3) is 0 Å². The van der Waals surface area contributed by atoms with Gasteiger partial charge in [-0.1, -0.05) is 5.16 Å². The largest absolute Gasteiger partial charge is 0.373 e. The highest BCUT2D eigenvalue weighted by Crippen LogP contribution is 2.32. The number of anilines is 1. The van der Waals surface area contributed by atoms with Gasteiger partial charge in [-0.25, -0.2) is 18.4 Å². The third-order valence-corrected chi connectivity index (χ3v) is 7.93. The number of piperidine rings is 1. The highest BCUT2D eigenvalue weighted by molar-refractivity contribution is 7.89. The lowest BCUT2D eigenvalue weighted by molar-refractivity contribution is 0.245. The number of aryl methyl sites for hydroxylation is 2. The van der Waals surface area contributed by atoms with Crippen molar-refractivity contribution in [2.24, 2.45) is 0 Å². The molecule has 1 saturated heterocycles. The van der Waals surface area contributed by atoms with Crippen LogP contribution >= 0.6 is 0 Å². The molecule has 10 heteroatoms. The fourth-order valence-electron chi connectivity index (χ4n) is 4.37. The highest BCUT2D eigenvalue weighted by atomic mass is 32.2. The van der Waals surface area contributed by atoms with E-state index in [1.165, 1.54) is 4.31 Å². The predicted molar refractivity (Wildman–Crippen MR) is 108 cm³/mol. The molecule has 0 aromatic carbocycles. The molecule has 1 N–H and O–H groups in total. The van der Waals surface area contributed by atoms with Crippen molar-refractivity contribution >= 4 is 15.8 Å². The molecule has 2 aliphatic heterocycles. The zero-order valence-corrected chi connectivity index (χ0v) is 18.2. The molecule has 0 bridgehead atoms. The Labute approximate surface area is 171 Å². The molecule has 9 nitrogen and oxygen atoms in total. The van der Waals surface area contributed by atoms with E-state index in [9.17, 15) is 8.42 Å². The molecule has 0 saturated carbocycles. The lowest BCUT2D eigenvalue weighted by Gasteiger charge is -2.31. The minimum absolute atomic E-state index is 0.165. The molecule has 0 amide bonds. The summed E-state index contributed by atoms with van der Waals surface area (Å²) < 4.78 is 33.1. The summed E-state index contributed by atoms with van der Waals surface area (Å²) in [6.45, 7) is 5.90. The molecular weight excluding hydrogens is 392 g/mol. The van der Waals surface area contributed by atoms with E-state index in [0.29, 0.717) is 24.4 Å². The topological polar surface area (TPSA) is 104 Å². The monoisotopic (exact) mass is 420 g/mol. The van der Waals surface area contributed by atoms with Gasteiger partial charge in [0, 0.05) is 31.6 Å². The van der Waals surface area contributed by atoms with Crippen LogP contribution in [0, 0.1) is 13.8 Å². The maximum atomic E-state index is 13.2. The van der Waals surface area contributed by atoms with Crippen LogP contribution in [0.2, 0.25) is 0 Å². The van der Waals surface area contributed by atoms with Crippen molar-refractivity contribution in [2.45, 2.75) is 50.5 Å². The Morgan fingerprint density at radius 3 is 2.66 bits per heavy atom. The normalized spacial score (nSPS) is 21.2. The lowest BCUT2D eigenvalue weighted by Crippen LogP contribution is -2.38. The van der Waals surface area contributed by atoms with E-state index >= 15 is 0 Å². The summed E-state index contributed by atoms with van der Waals surface area (Å²) in [6, 6.07) is 0. The van der Waals surface area contributed by atoms with Crippen LogP contribution in [-0.2, 0) is 23.0 Å². The van der Waals surface area contributed by atoms with E-state index in [0.717, 1.165) is 48.8 Å². The number of sulfonamides is 1. The number of hydrogen-bond donors (Lipinski definition) is 1. The second-order valence-corrected chi connectivity index (χ2v) is 9.82. The summed E-state index contributed by atoms with van der Waals surface area (Å²) in [5.41, 5.74) is 2.18. The van der Waals surface area contributed by atoms with E-state index in [-0.39, 0.29) is 17.4 Å². The average Bonchev–Trinajstić information content (AvgIpc) is 3.05. The van der Waals surface area contributed by atoms with Crippen LogP contribution in [-0.4, -0.2) is 66.5 Å². The number of hydrogen-bond acceptors (Lipinski definition) is 8. The van der Waals surface area contributed by atoms with Gasteiger partial charge in [-0.05, 0) is 46.7 Å². The van der Waals surface area contributed by atoms with Gasteiger partial charge in [0.2, 0.25) is 10.0 Å². The summed E-state index contributed by atoms with van der Waals surface area (Å²) in [4.78, 5) is 12.1. The van der Waals surface area contributed by atoms with E-state index < -0.39 is 10.0 Å². The highest BCUT2D eigenvalue weighted by Gasteiger charge is 2.35. The van der Waals surface area contributed by atoms with Crippen LogP contribution in [0.15, 0.2) is 9.42 Å². The maximum absolute atomic E-state index is 13.2. The molecular formula is C19H28N6O3S. The fraction of sp³-hybridized carbons (Fsp3) is 0.632. The maximum Gasteiger partial charge on any atom is 0.248 e. The van der Waals surface area contributed by atoms with Gasteiger partial charge in [0.15, 0.2) is 5.76 Å². The van der Waals surface area contributed by atoms with Crippen LogP contribution in [0.3, 0.4) is 0 Å². The number of fused-ring (bicyclic) bond motifs is 1. The van der Waals surface area contributed by atoms with Gasteiger partial charge in [-0.2, -0.15) is 4.31 Å². The van der Waals surface area contributed by atoms with Crippen molar-refractivity contribution in [3.63, 3.8) is 0 Å². The number of rotatable bonds is 4. The van der Waals surface area contributed by atoms with Crippen molar-refractivity contribution in [2.75, 3.05) is 39.0 Å². The van der Waals surface area contributed by atoms with E-state index in [1.807, 2.05) is 7.05 Å². The van der Waals surface area contributed by atoms with Crippen molar-refractivity contribution in [1.82, 2.24) is 24.3 Å². The quantitative estimate of drug-likeness (QED) is 0.797. The molecule has 4 heterocycles. The van der Waals surface area contributed by atoms with Gasteiger partial charge in [-0.15, -0.1) is 0 Å². The van der Waals surface area contributed by atoms with Gasteiger partial charge in [-0.3, -0.25) is 0 Å². The third-order valence-electron chi connectivity index (χ3n) is 5.84. The Kier molecular flexibility index (Phi) is 5.34. The molecule has 4 rings (SSSR count). The Bertz CT molecular complexity index is 1000. The van der Waals surface area contributed by atoms with Crippen LogP contribution in [0.4, 0.5) is 5.82 Å². The second kappa shape index (κ2) is 7.66. The van der Waals surface area contributed by atoms with Gasteiger partial charge >= 0.3 is 0 Å². The first-order valence-corrected chi connectivity index (χ1v) is 11.4. The summed E-state index contributed by atoms with van der Waals surface area (Å²) in [6.07, 6.45) is 2.73. The van der Waals surface area contributed by atoms with E-state index in [1.54, 1.807) is 13.8 Å². The Balaban J connectivity index is 1.69.